The average molecular weight is 254 g/mol. The molecule has 2 N–H and O–H groups in total. The maximum atomic E-state index is 10.7. The first-order valence-electron chi connectivity index (χ1n) is 6.21. The zero-order chi connectivity index (χ0) is 12.5. The molecule has 1 aromatic carbocycles. The van der Waals surface area contributed by atoms with Crippen molar-refractivity contribution in [1.29, 1.82) is 0 Å². The molecule has 0 amide bonds. The summed E-state index contributed by atoms with van der Waals surface area (Å²) in [5.41, 5.74) is 1.17. The molecule has 0 bridgehead atoms. The van der Waals surface area contributed by atoms with Gasteiger partial charge in [0.1, 0.15) is 0 Å². The molecule has 17 heavy (non-hydrogen) atoms. The van der Waals surface area contributed by atoms with Crippen LogP contribution in [0, 0.1) is 12.8 Å². The summed E-state index contributed by atoms with van der Waals surface area (Å²) in [6.07, 6.45) is 2.19. The summed E-state index contributed by atoms with van der Waals surface area (Å²) in [5.74, 6) is 0.259. The predicted molar refractivity (Wildman–Crippen MR) is 71.4 cm³/mol. The van der Waals surface area contributed by atoms with E-state index in [2.05, 4.69) is 5.32 Å². The second-order valence-corrected chi connectivity index (χ2v) is 5.56. The molecule has 2 nitrogen and oxygen atoms in total. The molecule has 0 spiro atoms. The van der Waals surface area contributed by atoms with Gasteiger partial charge in [-0.25, -0.2) is 0 Å². The van der Waals surface area contributed by atoms with E-state index in [9.17, 15) is 5.11 Å². The van der Waals surface area contributed by atoms with E-state index >= 15 is 0 Å². The highest BCUT2D eigenvalue weighted by Gasteiger charge is 2.34. The van der Waals surface area contributed by atoms with E-state index in [1.54, 1.807) is 0 Å². The molecule has 2 rings (SSSR count). The van der Waals surface area contributed by atoms with E-state index in [4.69, 9.17) is 11.6 Å². The first-order valence-corrected chi connectivity index (χ1v) is 6.59. The Kier molecular flexibility index (Phi) is 3.76. The van der Waals surface area contributed by atoms with Crippen molar-refractivity contribution in [3.05, 3.63) is 34.3 Å². The van der Waals surface area contributed by atoms with Crippen LogP contribution in [0.5, 0.6) is 0 Å². The molecule has 1 aromatic rings. The van der Waals surface area contributed by atoms with E-state index in [0.717, 1.165) is 42.1 Å². The molecule has 1 aliphatic heterocycles. The Hall–Kier alpha value is -0.570. The van der Waals surface area contributed by atoms with Crippen LogP contribution in [0.3, 0.4) is 0 Å². The molecular formula is C14H20ClNO. The third kappa shape index (κ3) is 2.65. The predicted octanol–water partition coefficient (Wildman–Crippen LogP) is 2.86. The first kappa shape index (κ1) is 12.9. The Morgan fingerprint density at radius 1 is 1.47 bits per heavy atom. The molecule has 0 aromatic heterocycles. The summed E-state index contributed by atoms with van der Waals surface area (Å²) >= 11 is 6.13. The molecule has 1 fully saturated rings. The van der Waals surface area contributed by atoms with E-state index in [1.165, 1.54) is 0 Å². The zero-order valence-corrected chi connectivity index (χ0v) is 11.2. The summed E-state index contributed by atoms with van der Waals surface area (Å²) < 4.78 is 0. The second-order valence-electron chi connectivity index (χ2n) is 5.15. The summed E-state index contributed by atoms with van der Waals surface area (Å²) in [6, 6.07) is 5.85. The molecule has 94 valence electrons. The van der Waals surface area contributed by atoms with Gasteiger partial charge in [-0.1, -0.05) is 23.7 Å². The summed E-state index contributed by atoms with van der Waals surface area (Å²) in [4.78, 5) is 0. The average Bonchev–Trinajstić information content (AvgIpc) is 2.33. The first-order chi connectivity index (χ1) is 8.01. The topological polar surface area (TPSA) is 32.3 Å². The Balaban J connectivity index is 2.26. The fourth-order valence-electron chi connectivity index (χ4n) is 2.47. The van der Waals surface area contributed by atoms with Crippen LogP contribution < -0.4 is 5.32 Å². The van der Waals surface area contributed by atoms with Gasteiger partial charge in [-0.3, -0.25) is 0 Å². The third-order valence-corrected chi connectivity index (χ3v) is 4.26. The Bertz CT molecular complexity index is 397. The number of benzene rings is 1. The van der Waals surface area contributed by atoms with Crippen LogP contribution in [-0.2, 0) is 5.60 Å². The molecule has 2 atom stereocenters. The van der Waals surface area contributed by atoms with E-state index in [1.807, 2.05) is 32.0 Å². The summed E-state index contributed by atoms with van der Waals surface area (Å²) in [6.45, 7) is 5.80. The molecular weight excluding hydrogens is 234 g/mol. The summed E-state index contributed by atoms with van der Waals surface area (Å²) in [7, 11) is 0. The number of halogens is 1. The van der Waals surface area contributed by atoms with Crippen molar-refractivity contribution in [3.63, 3.8) is 0 Å². The van der Waals surface area contributed by atoms with E-state index in [-0.39, 0.29) is 5.92 Å². The van der Waals surface area contributed by atoms with Gasteiger partial charge in [0.05, 0.1) is 5.60 Å². The lowest BCUT2D eigenvalue weighted by molar-refractivity contribution is -0.0156. The minimum Gasteiger partial charge on any atom is -0.385 e. The van der Waals surface area contributed by atoms with Gasteiger partial charge in [0.15, 0.2) is 0 Å². The van der Waals surface area contributed by atoms with Crippen molar-refractivity contribution in [1.82, 2.24) is 5.32 Å². The van der Waals surface area contributed by atoms with Crippen molar-refractivity contribution in [2.75, 3.05) is 13.1 Å². The van der Waals surface area contributed by atoms with Gasteiger partial charge < -0.3 is 10.4 Å². The van der Waals surface area contributed by atoms with Crippen molar-refractivity contribution in [2.45, 2.75) is 32.3 Å². The van der Waals surface area contributed by atoms with Crippen LogP contribution in [0.1, 0.15) is 30.9 Å². The van der Waals surface area contributed by atoms with Gasteiger partial charge in [0.2, 0.25) is 0 Å². The van der Waals surface area contributed by atoms with Crippen molar-refractivity contribution >= 4 is 11.6 Å². The number of nitrogens with one attached hydrogen (secondary N) is 1. The SMILES string of the molecule is Cc1ccc(C(C)(O)C2CCCNC2)cc1Cl. The number of aliphatic hydroxyl groups is 1. The quantitative estimate of drug-likeness (QED) is 0.850. The van der Waals surface area contributed by atoms with Crippen molar-refractivity contribution < 1.29 is 5.11 Å². The van der Waals surface area contributed by atoms with Gasteiger partial charge >= 0.3 is 0 Å². The highest BCUT2D eigenvalue weighted by atomic mass is 35.5. The highest BCUT2D eigenvalue weighted by molar-refractivity contribution is 6.31. The Morgan fingerprint density at radius 2 is 2.24 bits per heavy atom. The molecule has 3 heteroatoms. The number of aryl methyl sites for hydroxylation is 1. The molecule has 1 saturated heterocycles. The van der Waals surface area contributed by atoms with Crippen LogP contribution >= 0.6 is 11.6 Å². The molecule has 0 saturated carbocycles. The number of hydrogen-bond acceptors (Lipinski definition) is 2. The van der Waals surface area contributed by atoms with Gasteiger partial charge in [0.25, 0.3) is 0 Å². The minimum absolute atomic E-state index is 0.259. The molecule has 2 unspecified atom stereocenters. The molecule has 1 aliphatic rings. The smallest absolute Gasteiger partial charge is 0.0909 e. The van der Waals surface area contributed by atoms with Crippen molar-refractivity contribution in [3.8, 4) is 0 Å². The lowest BCUT2D eigenvalue weighted by Crippen LogP contribution is -2.42. The third-order valence-electron chi connectivity index (χ3n) is 3.85. The van der Waals surface area contributed by atoms with Crippen LogP contribution in [0.4, 0.5) is 0 Å². The second kappa shape index (κ2) is 4.97. The molecule has 1 heterocycles. The lowest BCUT2D eigenvalue weighted by atomic mass is 9.78. The Labute approximate surface area is 108 Å². The van der Waals surface area contributed by atoms with Crippen LogP contribution in [0.25, 0.3) is 0 Å². The fraction of sp³-hybridized carbons (Fsp3) is 0.571. The van der Waals surface area contributed by atoms with Crippen LogP contribution in [-0.4, -0.2) is 18.2 Å². The largest absolute Gasteiger partial charge is 0.385 e. The maximum Gasteiger partial charge on any atom is 0.0909 e. The molecule has 0 radical (unpaired) electrons. The van der Waals surface area contributed by atoms with Crippen LogP contribution in [0.15, 0.2) is 18.2 Å². The monoisotopic (exact) mass is 253 g/mol. The maximum absolute atomic E-state index is 10.7. The summed E-state index contributed by atoms with van der Waals surface area (Å²) in [5, 5.41) is 14.8. The lowest BCUT2D eigenvalue weighted by Gasteiger charge is -2.36. The van der Waals surface area contributed by atoms with Gasteiger partial charge in [-0.15, -0.1) is 0 Å². The van der Waals surface area contributed by atoms with Gasteiger partial charge in [-0.05, 0) is 50.4 Å². The number of piperidine rings is 1. The van der Waals surface area contributed by atoms with Gasteiger partial charge in [-0.2, -0.15) is 0 Å². The number of rotatable bonds is 2. The highest BCUT2D eigenvalue weighted by Crippen LogP contribution is 2.35. The van der Waals surface area contributed by atoms with Gasteiger partial charge in [0, 0.05) is 17.5 Å². The fourth-order valence-corrected chi connectivity index (χ4v) is 2.66. The van der Waals surface area contributed by atoms with E-state index < -0.39 is 5.60 Å². The Morgan fingerprint density at radius 3 is 2.82 bits per heavy atom. The van der Waals surface area contributed by atoms with Crippen molar-refractivity contribution in [2.24, 2.45) is 5.92 Å². The molecule has 0 aliphatic carbocycles. The van der Waals surface area contributed by atoms with Crippen LogP contribution in [0.2, 0.25) is 5.02 Å². The zero-order valence-electron chi connectivity index (χ0n) is 10.5. The number of hydrogen-bond donors (Lipinski definition) is 2. The standard InChI is InChI=1S/C14H20ClNO/c1-10-5-6-11(8-13(10)15)14(2,17)12-4-3-7-16-9-12/h5-6,8,12,16-17H,3-4,7,9H2,1-2H3. The normalized spacial score (nSPS) is 24.4. The minimum atomic E-state index is -0.801. The van der Waals surface area contributed by atoms with E-state index in [0.29, 0.717) is 0 Å².